The van der Waals surface area contributed by atoms with Crippen LogP contribution in [-0.4, -0.2) is 43.5 Å². The Morgan fingerprint density at radius 3 is 2.15 bits per heavy atom. The summed E-state index contributed by atoms with van der Waals surface area (Å²) in [5.41, 5.74) is 1.88. The normalized spacial score (nSPS) is 9.75. The molecule has 0 fully saturated rings. The molecule has 20 heavy (non-hydrogen) atoms. The van der Waals surface area contributed by atoms with E-state index in [4.69, 9.17) is 0 Å². The molecule has 0 radical (unpaired) electrons. The van der Waals surface area contributed by atoms with Crippen LogP contribution in [0.25, 0.3) is 0 Å². The standard InChI is InChI=1S/C14H17NO5/c1-10-4-6-11(7-5-10)8-15(9-12(16)19-2)13(17)14(18)20-3/h4-7H,8-9H2,1-3H3. The highest BCUT2D eigenvalue weighted by Crippen LogP contribution is 2.08. The first-order valence-electron chi connectivity index (χ1n) is 5.97. The second kappa shape index (κ2) is 7.28. The van der Waals surface area contributed by atoms with E-state index in [9.17, 15) is 14.4 Å². The zero-order chi connectivity index (χ0) is 15.1. The van der Waals surface area contributed by atoms with Crippen molar-refractivity contribution < 1.29 is 23.9 Å². The number of carbonyl (C=O) groups excluding carboxylic acids is 3. The number of hydrogen-bond acceptors (Lipinski definition) is 5. The number of amides is 1. The van der Waals surface area contributed by atoms with Crippen LogP contribution in [0.1, 0.15) is 11.1 Å². The van der Waals surface area contributed by atoms with E-state index < -0.39 is 17.8 Å². The molecule has 0 bridgehead atoms. The van der Waals surface area contributed by atoms with E-state index in [1.807, 2.05) is 31.2 Å². The molecule has 6 nitrogen and oxygen atoms in total. The third-order valence-corrected chi connectivity index (χ3v) is 2.69. The number of carbonyl (C=O) groups is 3. The summed E-state index contributed by atoms with van der Waals surface area (Å²) in [5.74, 6) is -2.49. The van der Waals surface area contributed by atoms with Gasteiger partial charge in [0.15, 0.2) is 0 Å². The zero-order valence-corrected chi connectivity index (χ0v) is 11.7. The van der Waals surface area contributed by atoms with Gasteiger partial charge in [-0.15, -0.1) is 0 Å². The van der Waals surface area contributed by atoms with Gasteiger partial charge in [-0.2, -0.15) is 0 Å². The van der Waals surface area contributed by atoms with Crippen LogP contribution < -0.4 is 0 Å². The van der Waals surface area contributed by atoms with Gasteiger partial charge in [-0.05, 0) is 12.5 Å². The SMILES string of the molecule is COC(=O)CN(Cc1ccc(C)cc1)C(=O)C(=O)OC. The Balaban J connectivity index is 2.86. The maximum Gasteiger partial charge on any atom is 0.396 e. The molecular formula is C14H17NO5. The van der Waals surface area contributed by atoms with Gasteiger partial charge in [0.2, 0.25) is 0 Å². The van der Waals surface area contributed by atoms with Crippen LogP contribution in [0.15, 0.2) is 24.3 Å². The topological polar surface area (TPSA) is 72.9 Å². The minimum atomic E-state index is -1.01. The van der Waals surface area contributed by atoms with Crippen molar-refractivity contribution in [3.8, 4) is 0 Å². The molecule has 0 heterocycles. The Labute approximate surface area is 117 Å². The van der Waals surface area contributed by atoms with E-state index >= 15 is 0 Å². The van der Waals surface area contributed by atoms with Crippen LogP contribution in [0.2, 0.25) is 0 Å². The van der Waals surface area contributed by atoms with Gasteiger partial charge in [-0.25, -0.2) is 4.79 Å². The number of nitrogens with zero attached hydrogens (tertiary/aromatic N) is 1. The molecule has 0 saturated heterocycles. The van der Waals surface area contributed by atoms with Crippen molar-refractivity contribution in [2.45, 2.75) is 13.5 Å². The number of aryl methyl sites for hydroxylation is 1. The predicted octanol–water partition coefficient (Wildman–Crippen LogP) is 0.670. The number of ether oxygens (including phenoxy) is 2. The van der Waals surface area contributed by atoms with Crippen LogP contribution in [0.5, 0.6) is 0 Å². The summed E-state index contributed by atoms with van der Waals surface area (Å²) >= 11 is 0. The highest BCUT2D eigenvalue weighted by molar-refractivity contribution is 6.32. The van der Waals surface area contributed by atoms with Gasteiger partial charge >= 0.3 is 17.8 Å². The Bertz CT molecular complexity index is 495. The molecule has 0 aliphatic rings. The monoisotopic (exact) mass is 279 g/mol. The summed E-state index contributed by atoms with van der Waals surface area (Å²) < 4.78 is 8.90. The summed E-state index contributed by atoms with van der Waals surface area (Å²) in [6.07, 6.45) is 0. The average molecular weight is 279 g/mol. The fraction of sp³-hybridized carbons (Fsp3) is 0.357. The van der Waals surface area contributed by atoms with Crippen LogP contribution >= 0.6 is 0 Å². The van der Waals surface area contributed by atoms with Gasteiger partial charge in [-0.3, -0.25) is 9.59 Å². The number of hydrogen-bond donors (Lipinski definition) is 0. The number of benzene rings is 1. The van der Waals surface area contributed by atoms with Gasteiger partial charge in [0.25, 0.3) is 0 Å². The molecule has 0 spiro atoms. The van der Waals surface area contributed by atoms with E-state index in [1.54, 1.807) is 0 Å². The van der Waals surface area contributed by atoms with Crippen LogP contribution in [0, 0.1) is 6.92 Å². The van der Waals surface area contributed by atoms with E-state index in [0.717, 1.165) is 23.1 Å². The maximum absolute atomic E-state index is 11.8. The Morgan fingerprint density at radius 1 is 1.05 bits per heavy atom. The lowest BCUT2D eigenvalue weighted by molar-refractivity contribution is -0.160. The van der Waals surface area contributed by atoms with Crippen molar-refractivity contribution in [3.63, 3.8) is 0 Å². The molecule has 108 valence electrons. The van der Waals surface area contributed by atoms with Crippen LogP contribution in [0.3, 0.4) is 0 Å². The third-order valence-electron chi connectivity index (χ3n) is 2.69. The molecule has 0 aromatic heterocycles. The van der Waals surface area contributed by atoms with E-state index in [0.29, 0.717) is 0 Å². The van der Waals surface area contributed by atoms with E-state index in [-0.39, 0.29) is 13.1 Å². The molecule has 6 heteroatoms. The number of methoxy groups -OCH3 is 2. The van der Waals surface area contributed by atoms with Crippen molar-refractivity contribution in [2.24, 2.45) is 0 Å². The van der Waals surface area contributed by atoms with Crippen LogP contribution in [0.4, 0.5) is 0 Å². The molecule has 1 amide bonds. The lowest BCUT2D eigenvalue weighted by Crippen LogP contribution is -2.40. The molecule has 1 aromatic rings. The van der Waals surface area contributed by atoms with Gasteiger partial charge in [0.05, 0.1) is 14.2 Å². The largest absolute Gasteiger partial charge is 0.468 e. The maximum atomic E-state index is 11.8. The second-order valence-electron chi connectivity index (χ2n) is 4.21. The Kier molecular flexibility index (Phi) is 5.71. The zero-order valence-electron chi connectivity index (χ0n) is 11.7. The molecule has 0 aliphatic heterocycles. The number of rotatable bonds is 4. The van der Waals surface area contributed by atoms with E-state index in [2.05, 4.69) is 9.47 Å². The molecular weight excluding hydrogens is 262 g/mol. The fourth-order valence-corrected chi connectivity index (χ4v) is 1.55. The predicted molar refractivity (Wildman–Crippen MR) is 70.6 cm³/mol. The Morgan fingerprint density at radius 2 is 1.65 bits per heavy atom. The fourth-order valence-electron chi connectivity index (χ4n) is 1.55. The number of esters is 2. The molecule has 1 aromatic carbocycles. The quantitative estimate of drug-likeness (QED) is 0.598. The van der Waals surface area contributed by atoms with Crippen molar-refractivity contribution in [2.75, 3.05) is 20.8 Å². The first-order chi connectivity index (χ1) is 9.47. The lowest BCUT2D eigenvalue weighted by Gasteiger charge is -2.20. The summed E-state index contributed by atoms with van der Waals surface area (Å²) in [4.78, 5) is 35.5. The molecule has 0 atom stereocenters. The second-order valence-corrected chi connectivity index (χ2v) is 4.21. The molecule has 0 saturated carbocycles. The third kappa shape index (κ3) is 4.38. The lowest BCUT2D eigenvalue weighted by atomic mass is 10.1. The smallest absolute Gasteiger partial charge is 0.396 e. The van der Waals surface area contributed by atoms with Gasteiger partial charge in [0.1, 0.15) is 6.54 Å². The molecule has 0 aliphatic carbocycles. The van der Waals surface area contributed by atoms with Crippen LogP contribution in [-0.2, 0) is 30.4 Å². The van der Waals surface area contributed by atoms with E-state index in [1.165, 1.54) is 7.11 Å². The molecule has 0 N–H and O–H groups in total. The minimum Gasteiger partial charge on any atom is -0.468 e. The van der Waals surface area contributed by atoms with Crippen molar-refractivity contribution in [3.05, 3.63) is 35.4 Å². The first-order valence-corrected chi connectivity index (χ1v) is 5.97. The molecule has 0 unspecified atom stereocenters. The minimum absolute atomic E-state index is 0.128. The summed E-state index contributed by atoms with van der Waals surface area (Å²) in [6, 6.07) is 7.41. The summed E-state index contributed by atoms with van der Waals surface area (Å²) in [6.45, 7) is 1.76. The first kappa shape index (κ1) is 15.7. The van der Waals surface area contributed by atoms with Gasteiger partial charge in [-0.1, -0.05) is 29.8 Å². The van der Waals surface area contributed by atoms with Gasteiger partial charge < -0.3 is 14.4 Å². The average Bonchev–Trinajstić information content (AvgIpc) is 2.46. The highest BCUT2D eigenvalue weighted by Gasteiger charge is 2.25. The Hall–Kier alpha value is -2.37. The highest BCUT2D eigenvalue weighted by atomic mass is 16.5. The molecule has 1 rings (SSSR count). The summed E-state index contributed by atoms with van der Waals surface area (Å²) in [7, 11) is 2.33. The van der Waals surface area contributed by atoms with Crippen molar-refractivity contribution in [1.29, 1.82) is 0 Å². The van der Waals surface area contributed by atoms with Crippen molar-refractivity contribution >= 4 is 17.8 Å². The van der Waals surface area contributed by atoms with Gasteiger partial charge in [0, 0.05) is 6.54 Å². The summed E-state index contributed by atoms with van der Waals surface area (Å²) in [5, 5.41) is 0. The van der Waals surface area contributed by atoms with Crippen molar-refractivity contribution in [1.82, 2.24) is 4.90 Å².